The molecule has 0 saturated heterocycles. The average molecular weight is 228 g/mol. The van der Waals surface area contributed by atoms with E-state index in [1.807, 2.05) is 0 Å². The first-order valence-corrected chi connectivity index (χ1v) is 6.97. The summed E-state index contributed by atoms with van der Waals surface area (Å²) in [5, 5.41) is 0.946. The molecule has 0 aliphatic heterocycles. The molecule has 0 heterocycles. The van der Waals surface area contributed by atoms with Gasteiger partial charge in [-0.3, -0.25) is 4.99 Å². The normalized spacial score (nSPS) is 26.9. The molecule has 1 nitrogen and oxygen atoms in total. The van der Waals surface area contributed by atoms with E-state index in [0.29, 0.717) is 12.0 Å². The molecule has 2 aliphatic carbocycles. The molecule has 2 saturated carbocycles. The highest BCUT2D eigenvalue weighted by Crippen LogP contribution is 2.28. The molecule has 2 aliphatic rings. The van der Waals surface area contributed by atoms with Gasteiger partial charge in [-0.2, -0.15) is 0 Å². The number of hydrogen-bond donors (Lipinski definition) is 0. The molecule has 0 radical (unpaired) electrons. The highest BCUT2D eigenvalue weighted by molar-refractivity contribution is 6.65. The third-order valence-corrected chi connectivity index (χ3v) is 4.23. The first-order chi connectivity index (χ1) is 7.36. The van der Waals surface area contributed by atoms with Gasteiger partial charge in [-0.25, -0.2) is 0 Å². The second-order valence-corrected chi connectivity index (χ2v) is 5.47. The van der Waals surface area contributed by atoms with E-state index in [9.17, 15) is 0 Å². The van der Waals surface area contributed by atoms with E-state index in [1.54, 1.807) is 0 Å². The lowest BCUT2D eigenvalue weighted by Crippen LogP contribution is -2.17. The number of aliphatic imine (C=N–C) groups is 1. The molecule has 0 aromatic heterocycles. The summed E-state index contributed by atoms with van der Waals surface area (Å²) in [6.07, 6.45) is 13.3. The highest BCUT2D eigenvalue weighted by atomic mass is 35.5. The summed E-state index contributed by atoms with van der Waals surface area (Å²) in [6.45, 7) is 0. The summed E-state index contributed by atoms with van der Waals surface area (Å²) in [6, 6.07) is 0.549. The van der Waals surface area contributed by atoms with Crippen LogP contribution in [0.15, 0.2) is 4.99 Å². The molecule has 0 amide bonds. The lowest BCUT2D eigenvalue weighted by atomic mass is 9.89. The molecule has 2 fully saturated rings. The van der Waals surface area contributed by atoms with Crippen LogP contribution in [0.5, 0.6) is 0 Å². The van der Waals surface area contributed by atoms with Gasteiger partial charge in [0, 0.05) is 5.92 Å². The van der Waals surface area contributed by atoms with Crippen molar-refractivity contribution in [2.45, 2.75) is 70.3 Å². The van der Waals surface area contributed by atoms with E-state index < -0.39 is 0 Å². The van der Waals surface area contributed by atoms with Crippen LogP contribution in [0.4, 0.5) is 0 Å². The third kappa shape index (κ3) is 3.48. The summed E-state index contributed by atoms with van der Waals surface area (Å²) >= 11 is 6.34. The van der Waals surface area contributed by atoms with E-state index in [1.165, 1.54) is 64.2 Å². The molecule has 15 heavy (non-hydrogen) atoms. The van der Waals surface area contributed by atoms with Crippen LogP contribution in [0, 0.1) is 5.92 Å². The first-order valence-electron chi connectivity index (χ1n) is 6.59. The zero-order chi connectivity index (χ0) is 10.5. The Balaban J connectivity index is 1.86. The number of nitrogens with zero attached hydrogens (tertiary/aromatic N) is 1. The van der Waals surface area contributed by atoms with Gasteiger partial charge >= 0.3 is 0 Å². The molecule has 86 valence electrons. The third-order valence-electron chi connectivity index (χ3n) is 3.82. The molecular weight excluding hydrogens is 206 g/mol. The maximum atomic E-state index is 6.34. The van der Waals surface area contributed by atoms with Crippen LogP contribution < -0.4 is 0 Å². The van der Waals surface area contributed by atoms with Crippen molar-refractivity contribution in [3.05, 3.63) is 0 Å². The van der Waals surface area contributed by atoms with Crippen LogP contribution in [-0.4, -0.2) is 11.2 Å². The average Bonchev–Trinajstić information content (AvgIpc) is 2.31. The largest absolute Gasteiger partial charge is 0.274 e. The fourth-order valence-corrected chi connectivity index (χ4v) is 3.19. The Kier molecular flexibility index (Phi) is 4.49. The zero-order valence-corrected chi connectivity index (χ0v) is 10.3. The van der Waals surface area contributed by atoms with Crippen molar-refractivity contribution >= 4 is 16.8 Å². The fourth-order valence-electron chi connectivity index (χ4n) is 2.83. The molecule has 0 aromatic carbocycles. The van der Waals surface area contributed by atoms with Crippen LogP contribution in [-0.2, 0) is 0 Å². The molecule has 2 heteroatoms. The van der Waals surface area contributed by atoms with E-state index >= 15 is 0 Å². The standard InChI is InChI=1S/C13H22ClN/c14-13(11-7-3-1-4-8-11)15-12-9-5-2-6-10-12/h11-12H,1-10H2. The number of hydrogen-bond acceptors (Lipinski definition) is 1. The summed E-state index contributed by atoms with van der Waals surface area (Å²) < 4.78 is 0. The molecule has 2 rings (SSSR count). The molecule has 0 N–H and O–H groups in total. The fraction of sp³-hybridized carbons (Fsp3) is 0.923. The molecule has 0 bridgehead atoms. The van der Waals surface area contributed by atoms with Crippen molar-refractivity contribution in [1.82, 2.24) is 0 Å². The predicted octanol–water partition coefficient (Wildman–Crippen LogP) is 4.54. The lowest BCUT2D eigenvalue weighted by Gasteiger charge is -2.23. The second-order valence-electron chi connectivity index (χ2n) is 5.08. The molecule has 0 aromatic rings. The highest BCUT2D eigenvalue weighted by Gasteiger charge is 2.20. The van der Waals surface area contributed by atoms with Crippen molar-refractivity contribution in [3.63, 3.8) is 0 Å². The van der Waals surface area contributed by atoms with Gasteiger partial charge in [-0.1, -0.05) is 50.1 Å². The minimum atomic E-state index is 0.549. The maximum absolute atomic E-state index is 6.34. The van der Waals surface area contributed by atoms with Crippen LogP contribution in [0.1, 0.15) is 64.2 Å². The van der Waals surface area contributed by atoms with Crippen LogP contribution in [0.25, 0.3) is 0 Å². The molecule has 0 spiro atoms. The lowest BCUT2D eigenvalue weighted by molar-refractivity contribution is 0.425. The maximum Gasteiger partial charge on any atom is 0.104 e. The van der Waals surface area contributed by atoms with Gasteiger partial charge in [-0.05, 0) is 25.7 Å². The van der Waals surface area contributed by atoms with Crippen molar-refractivity contribution < 1.29 is 0 Å². The minimum absolute atomic E-state index is 0.549. The molecule has 0 unspecified atom stereocenters. The quantitative estimate of drug-likeness (QED) is 0.615. The van der Waals surface area contributed by atoms with Crippen LogP contribution in [0.2, 0.25) is 0 Å². The smallest absolute Gasteiger partial charge is 0.104 e. The van der Waals surface area contributed by atoms with Gasteiger partial charge in [0.05, 0.1) is 6.04 Å². The monoisotopic (exact) mass is 227 g/mol. The summed E-state index contributed by atoms with van der Waals surface area (Å²) in [7, 11) is 0. The number of rotatable bonds is 2. The second kappa shape index (κ2) is 5.89. The Morgan fingerprint density at radius 2 is 1.33 bits per heavy atom. The Hall–Kier alpha value is -0.0400. The van der Waals surface area contributed by atoms with Crippen LogP contribution >= 0.6 is 11.6 Å². The van der Waals surface area contributed by atoms with Gasteiger partial charge in [0.1, 0.15) is 5.17 Å². The Labute approximate surface area is 98.3 Å². The van der Waals surface area contributed by atoms with Gasteiger partial charge < -0.3 is 0 Å². The van der Waals surface area contributed by atoms with E-state index in [-0.39, 0.29) is 0 Å². The van der Waals surface area contributed by atoms with Crippen molar-refractivity contribution in [1.29, 1.82) is 0 Å². The van der Waals surface area contributed by atoms with Crippen molar-refractivity contribution in [2.24, 2.45) is 10.9 Å². The Morgan fingerprint density at radius 3 is 1.93 bits per heavy atom. The number of halogens is 1. The Bertz CT molecular complexity index is 213. The predicted molar refractivity (Wildman–Crippen MR) is 66.7 cm³/mol. The molecule has 0 atom stereocenters. The molecular formula is C13H22ClN. The topological polar surface area (TPSA) is 12.4 Å². The van der Waals surface area contributed by atoms with Crippen molar-refractivity contribution in [2.75, 3.05) is 0 Å². The van der Waals surface area contributed by atoms with Gasteiger partial charge in [-0.15, -0.1) is 0 Å². The van der Waals surface area contributed by atoms with E-state index in [2.05, 4.69) is 0 Å². The SMILES string of the molecule is ClC(=NC1CCCCC1)C1CCCCC1. The van der Waals surface area contributed by atoms with Gasteiger partial charge in [0.2, 0.25) is 0 Å². The first kappa shape index (κ1) is 11.4. The minimum Gasteiger partial charge on any atom is -0.274 e. The van der Waals surface area contributed by atoms with E-state index in [4.69, 9.17) is 16.6 Å². The van der Waals surface area contributed by atoms with Crippen molar-refractivity contribution in [3.8, 4) is 0 Å². The van der Waals surface area contributed by atoms with Crippen LogP contribution in [0.3, 0.4) is 0 Å². The summed E-state index contributed by atoms with van der Waals surface area (Å²) in [5.41, 5.74) is 0. The zero-order valence-electron chi connectivity index (χ0n) is 9.55. The van der Waals surface area contributed by atoms with Gasteiger partial charge in [0.25, 0.3) is 0 Å². The van der Waals surface area contributed by atoms with Gasteiger partial charge in [0.15, 0.2) is 0 Å². The summed E-state index contributed by atoms with van der Waals surface area (Å²) in [5.74, 6) is 0.599. The van der Waals surface area contributed by atoms with E-state index in [0.717, 1.165) is 5.17 Å². The summed E-state index contributed by atoms with van der Waals surface area (Å²) in [4.78, 5) is 4.74. The Morgan fingerprint density at radius 1 is 0.800 bits per heavy atom.